The van der Waals surface area contributed by atoms with Crippen molar-refractivity contribution in [2.75, 3.05) is 0 Å². The molecule has 0 atom stereocenters. The number of aromatic nitrogens is 1. The van der Waals surface area contributed by atoms with Crippen molar-refractivity contribution in [1.82, 2.24) is 4.98 Å². The fourth-order valence-electron chi connectivity index (χ4n) is 2.26. The number of pyridine rings is 1. The number of hydrogen-bond acceptors (Lipinski definition) is 1. The minimum atomic E-state index is -4.31. The summed E-state index contributed by atoms with van der Waals surface area (Å²) >= 11 is 0. The van der Waals surface area contributed by atoms with E-state index in [1.165, 1.54) is 6.20 Å². The van der Waals surface area contributed by atoms with Crippen LogP contribution in [-0.2, 0) is 19.0 Å². The van der Waals surface area contributed by atoms with Gasteiger partial charge in [-0.3, -0.25) is 4.98 Å². The molecule has 0 aliphatic heterocycles. The van der Waals surface area contributed by atoms with Crippen LogP contribution in [0.2, 0.25) is 0 Å². The van der Waals surface area contributed by atoms with Crippen molar-refractivity contribution in [3.63, 3.8) is 0 Å². The molecule has 1 aromatic heterocycles. The van der Waals surface area contributed by atoms with E-state index < -0.39 is 11.9 Å². The molecule has 0 radical (unpaired) electrons. The molecule has 1 aliphatic carbocycles. The van der Waals surface area contributed by atoms with Crippen LogP contribution in [0.1, 0.15) is 42.5 Å². The van der Waals surface area contributed by atoms with Gasteiger partial charge >= 0.3 is 6.18 Å². The topological polar surface area (TPSA) is 12.9 Å². The fraction of sp³-hybridized carbons (Fsp3) is 0.583. The van der Waals surface area contributed by atoms with Gasteiger partial charge in [0.05, 0.1) is 0 Å². The lowest BCUT2D eigenvalue weighted by atomic mass is 9.92. The molecule has 88 valence electrons. The van der Waals surface area contributed by atoms with Crippen LogP contribution in [0.3, 0.4) is 0 Å². The summed E-state index contributed by atoms with van der Waals surface area (Å²) in [4.78, 5) is 3.51. The lowest BCUT2D eigenvalue weighted by molar-refractivity contribution is -0.141. The van der Waals surface area contributed by atoms with Gasteiger partial charge in [0.15, 0.2) is 0 Å². The average Bonchev–Trinajstić information content (AvgIpc) is 2.16. The Bertz CT molecular complexity index is 371. The van der Waals surface area contributed by atoms with E-state index in [0.717, 1.165) is 37.7 Å². The van der Waals surface area contributed by atoms with Crippen LogP contribution in [0.15, 0.2) is 12.3 Å². The number of fused-ring (bicyclic) bond motifs is 1. The third-order valence-corrected chi connectivity index (χ3v) is 3.04. The van der Waals surface area contributed by atoms with Crippen molar-refractivity contribution in [1.29, 1.82) is 0 Å². The van der Waals surface area contributed by atoms with Crippen LogP contribution >= 0.6 is 0 Å². The quantitative estimate of drug-likeness (QED) is 0.660. The first-order valence-corrected chi connectivity index (χ1v) is 5.63. The largest absolute Gasteiger partial charge is 0.433 e. The molecule has 16 heavy (non-hydrogen) atoms. The number of rotatable bonds is 0. The minimum Gasteiger partial charge on any atom is -0.251 e. The number of nitrogens with zero attached hydrogens (tertiary/aromatic N) is 1. The summed E-state index contributed by atoms with van der Waals surface area (Å²) in [6.07, 6.45) is 2.18. The van der Waals surface area contributed by atoms with Crippen molar-refractivity contribution >= 4 is 0 Å². The zero-order valence-corrected chi connectivity index (χ0v) is 8.98. The summed E-state index contributed by atoms with van der Waals surface area (Å²) in [5, 5.41) is 0. The third-order valence-electron chi connectivity index (χ3n) is 3.04. The second-order valence-electron chi connectivity index (χ2n) is 4.21. The Hall–Kier alpha value is -1.06. The monoisotopic (exact) mass is 229 g/mol. The predicted molar refractivity (Wildman–Crippen MR) is 55.1 cm³/mol. The number of alkyl halides is 3. The lowest BCUT2D eigenvalue weighted by Crippen LogP contribution is -2.15. The van der Waals surface area contributed by atoms with E-state index in [0.29, 0.717) is 12.0 Å². The molecule has 1 nitrogen and oxygen atoms in total. The zero-order chi connectivity index (χ0) is 11.6. The van der Waals surface area contributed by atoms with Gasteiger partial charge < -0.3 is 0 Å². The third kappa shape index (κ3) is 2.36. The highest BCUT2D eigenvalue weighted by Gasteiger charge is 2.35. The SMILES string of the molecule is FC(F)(F)c1nccc2c1CCCCCC2. The van der Waals surface area contributed by atoms with E-state index >= 15 is 0 Å². The molecule has 0 saturated heterocycles. The zero-order valence-electron chi connectivity index (χ0n) is 8.98. The second-order valence-corrected chi connectivity index (χ2v) is 4.21. The van der Waals surface area contributed by atoms with Crippen LogP contribution in [-0.4, -0.2) is 4.98 Å². The number of halogens is 3. The van der Waals surface area contributed by atoms with Crippen LogP contribution in [0.4, 0.5) is 13.2 Å². The van der Waals surface area contributed by atoms with Gasteiger partial charge in [-0.1, -0.05) is 12.8 Å². The van der Waals surface area contributed by atoms with Crippen LogP contribution in [0.25, 0.3) is 0 Å². The van der Waals surface area contributed by atoms with Gasteiger partial charge in [-0.15, -0.1) is 0 Å². The maximum atomic E-state index is 12.7. The first kappa shape index (κ1) is 11.4. The molecule has 4 heteroatoms. The molecule has 0 spiro atoms. The van der Waals surface area contributed by atoms with E-state index in [-0.39, 0.29) is 0 Å². The van der Waals surface area contributed by atoms with Crippen molar-refractivity contribution < 1.29 is 13.2 Å². The highest BCUT2D eigenvalue weighted by atomic mass is 19.4. The van der Waals surface area contributed by atoms with Gasteiger partial charge in [-0.05, 0) is 42.9 Å². The maximum absolute atomic E-state index is 12.7. The van der Waals surface area contributed by atoms with Crippen molar-refractivity contribution in [2.45, 2.75) is 44.7 Å². The Morgan fingerprint density at radius 1 is 1.00 bits per heavy atom. The molecular weight excluding hydrogens is 215 g/mol. The van der Waals surface area contributed by atoms with Crippen molar-refractivity contribution in [3.05, 3.63) is 29.1 Å². The van der Waals surface area contributed by atoms with Gasteiger partial charge in [0.25, 0.3) is 0 Å². The van der Waals surface area contributed by atoms with Crippen LogP contribution in [0.5, 0.6) is 0 Å². The van der Waals surface area contributed by atoms with E-state index in [4.69, 9.17) is 0 Å². The van der Waals surface area contributed by atoms with Crippen LogP contribution < -0.4 is 0 Å². The molecule has 0 aromatic carbocycles. The Labute approximate surface area is 92.7 Å². The van der Waals surface area contributed by atoms with Gasteiger partial charge in [0.2, 0.25) is 0 Å². The molecule has 2 rings (SSSR count). The van der Waals surface area contributed by atoms with E-state index in [1.807, 2.05) is 0 Å². The van der Waals surface area contributed by atoms with Crippen molar-refractivity contribution in [2.24, 2.45) is 0 Å². The fourth-order valence-corrected chi connectivity index (χ4v) is 2.26. The Morgan fingerprint density at radius 2 is 1.69 bits per heavy atom. The molecule has 1 heterocycles. The van der Waals surface area contributed by atoms with Gasteiger partial charge in [-0.25, -0.2) is 0 Å². The first-order valence-electron chi connectivity index (χ1n) is 5.63. The lowest BCUT2D eigenvalue weighted by Gasteiger charge is -2.17. The van der Waals surface area contributed by atoms with Gasteiger partial charge in [-0.2, -0.15) is 13.2 Å². The number of hydrogen-bond donors (Lipinski definition) is 0. The molecule has 0 N–H and O–H groups in total. The molecule has 1 aliphatic rings. The second kappa shape index (κ2) is 4.44. The first-order chi connectivity index (χ1) is 7.59. The summed E-state index contributed by atoms with van der Waals surface area (Å²) < 4.78 is 38.2. The molecular formula is C12H14F3N. The smallest absolute Gasteiger partial charge is 0.251 e. The molecule has 0 bridgehead atoms. The summed E-state index contributed by atoms with van der Waals surface area (Å²) in [5.41, 5.74) is 0.587. The molecule has 0 fully saturated rings. The van der Waals surface area contributed by atoms with Crippen molar-refractivity contribution in [3.8, 4) is 0 Å². The maximum Gasteiger partial charge on any atom is 0.433 e. The van der Waals surface area contributed by atoms with Crippen LogP contribution in [0, 0.1) is 0 Å². The van der Waals surface area contributed by atoms with E-state index in [9.17, 15) is 13.2 Å². The highest BCUT2D eigenvalue weighted by molar-refractivity contribution is 5.32. The molecule has 1 aromatic rings. The molecule has 0 saturated carbocycles. The summed E-state index contributed by atoms with van der Waals surface area (Å²) in [7, 11) is 0. The molecule has 0 unspecified atom stereocenters. The van der Waals surface area contributed by atoms with E-state index in [1.54, 1.807) is 6.07 Å². The molecule has 0 amide bonds. The van der Waals surface area contributed by atoms with Gasteiger partial charge in [0, 0.05) is 6.20 Å². The average molecular weight is 229 g/mol. The number of aryl methyl sites for hydroxylation is 1. The summed E-state index contributed by atoms with van der Waals surface area (Å²) in [6, 6.07) is 1.73. The Morgan fingerprint density at radius 3 is 2.38 bits per heavy atom. The highest BCUT2D eigenvalue weighted by Crippen LogP contribution is 2.33. The summed E-state index contributed by atoms with van der Waals surface area (Å²) in [6.45, 7) is 0. The predicted octanol–water partition coefficient (Wildman–Crippen LogP) is 3.76. The Balaban J connectivity index is 2.43. The normalized spacial score (nSPS) is 17.4. The van der Waals surface area contributed by atoms with E-state index in [2.05, 4.69) is 4.98 Å². The standard InChI is InChI=1S/C12H14F3N/c13-12(14,15)11-10-6-4-2-1-3-5-9(10)7-8-16-11/h7-8H,1-6H2. The minimum absolute atomic E-state index is 0.426. The van der Waals surface area contributed by atoms with Gasteiger partial charge in [0.1, 0.15) is 5.69 Å². The summed E-state index contributed by atoms with van der Waals surface area (Å²) in [5.74, 6) is 0. The Kier molecular flexibility index (Phi) is 3.17.